The van der Waals surface area contributed by atoms with E-state index in [9.17, 15) is 9.59 Å². The van der Waals surface area contributed by atoms with Gasteiger partial charge in [-0.2, -0.15) is 0 Å². The summed E-state index contributed by atoms with van der Waals surface area (Å²) in [6.07, 6.45) is 1.55. The summed E-state index contributed by atoms with van der Waals surface area (Å²) in [7, 11) is 0. The molecular weight excluding hydrogens is 254 g/mol. The SMILES string of the molecule is CCOC(=O)c1cn(C(C)=O)c(-c2ccccc2)c1C. The molecule has 0 unspecified atom stereocenters. The number of benzene rings is 1. The number of carbonyl (C=O) groups is 2. The van der Waals surface area contributed by atoms with Crippen LogP contribution in [0.5, 0.6) is 0 Å². The fraction of sp³-hybridized carbons (Fsp3) is 0.250. The molecule has 4 heteroatoms. The summed E-state index contributed by atoms with van der Waals surface area (Å²) < 4.78 is 6.53. The first kappa shape index (κ1) is 14.1. The van der Waals surface area contributed by atoms with Gasteiger partial charge in [0, 0.05) is 13.1 Å². The average Bonchev–Trinajstić information content (AvgIpc) is 2.78. The van der Waals surface area contributed by atoms with Gasteiger partial charge in [0.1, 0.15) is 0 Å². The summed E-state index contributed by atoms with van der Waals surface area (Å²) in [6.45, 7) is 5.37. The molecule has 1 heterocycles. The summed E-state index contributed by atoms with van der Waals surface area (Å²) in [4.78, 5) is 23.7. The Morgan fingerprint density at radius 1 is 1.20 bits per heavy atom. The zero-order valence-electron chi connectivity index (χ0n) is 11.8. The molecule has 0 saturated carbocycles. The molecule has 0 bridgehead atoms. The molecule has 2 aromatic rings. The van der Waals surface area contributed by atoms with E-state index in [0.29, 0.717) is 12.2 Å². The van der Waals surface area contributed by atoms with Crippen molar-refractivity contribution in [3.8, 4) is 11.3 Å². The van der Waals surface area contributed by atoms with Crippen LogP contribution in [0.3, 0.4) is 0 Å². The highest BCUT2D eigenvalue weighted by Crippen LogP contribution is 2.28. The van der Waals surface area contributed by atoms with Gasteiger partial charge in [-0.3, -0.25) is 9.36 Å². The van der Waals surface area contributed by atoms with Crippen molar-refractivity contribution < 1.29 is 14.3 Å². The second-order valence-electron chi connectivity index (χ2n) is 4.49. The van der Waals surface area contributed by atoms with Crippen molar-refractivity contribution in [2.45, 2.75) is 20.8 Å². The Balaban J connectivity index is 2.61. The Morgan fingerprint density at radius 2 is 1.85 bits per heavy atom. The van der Waals surface area contributed by atoms with Crippen LogP contribution in [0.15, 0.2) is 36.5 Å². The lowest BCUT2D eigenvalue weighted by atomic mass is 10.1. The molecule has 0 N–H and O–H groups in total. The third-order valence-corrected chi connectivity index (χ3v) is 3.14. The predicted molar refractivity (Wildman–Crippen MR) is 76.9 cm³/mol. The van der Waals surface area contributed by atoms with Crippen LogP contribution in [0, 0.1) is 6.92 Å². The van der Waals surface area contributed by atoms with Gasteiger partial charge in [-0.1, -0.05) is 30.3 Å². The molecule has 1 aromatic heterocycles. The van der Waals surface area contributed by atoms with Gasteiger partial charge in [0.25, 0.3) is 0 Å². The number of hydrogen-bond donors (Lipinski definition) is 0. The lowest BCUT2D eigenvalue weighted by Gasteiger charge is -2.06. The predicted octanol–water partition coefficient (Wildman–Crippen LogP) is 3.30. The molecule has 0 saturated heterocycles. The van der Waals surface area contributed by atoms with Crippen LogP contribution in [0.25, 0.3) is 11.3 Å². The zero-order chi connectivity index (χ0) is 14.7. The molecule has 1 aromatic carbocycles. The first-order chi connectivity index (χ1) is 9.56. The lowest BCUT2D eigenvalue weighted by Crippen LogP contribution is -2.06. The number of rotatable bonds is 3. The van der Waals surface area contributed by atoms with Crippen molar-refractivity contribution in [3.05, 3.63) is 47.7 Å². The van der Waals surface area contributed by atoms with E-state index in [-0.39, 0.29) is 5.91 Å². The molecule has 0 aliphatic heterocycles. The smallest absolute Gasteiger partial charge is 0.339 e. The van der Waals surface area contributed by atoms with Gasteiger partial charge >= 0.3 is 5.97 Å². The van der Waals surface area contributed by atoms with Crippen LogP contribution in [0.2, 0.25) is 0 Å². The van der Waals surface area contributed by atoms with Gasteiger partial charge in [-0.25, -0.2) is 4.79 Å². The van der Waals surface area contributed by atoms with Crippen molar-refractivity contribution in [2.75, 3.05) is 6.61 Å². The zero-order valence-corrected chi connectivity index (χ0v) is 11.8. The van der Waals surface area contributed by atoms with Crippen LogP contribution in [-0.4, -0.2) is 23.1 Å². The minimum Gasteiger partial charge on any atom is -0.462 e. The molecule has 0 aliphatic carbocycles. The lowest BCUT2D eigenvalue weighted by molar-refractivity contribution is 0.0526. The van der Waals surface area contributed by atoms with Gasteiger partial charge in [0.05, 0.1) is 17.9 Å². The fourth-order valence-corrected chi connectivity index (χ4v) is 2.21. The Labute approximate surface area is 118 Å². The van der Waals surface area contributed by atoms with Crippen molar-refractivity contribution in [2.24, 2.45) is 0 Å². The van der Waals surface area contributed by atoms with Gasteiger partial charge in [-0.05, 0) is 25.0 Å². The van der Waals surface area contributed by atoms with E-state index in [1.807, 2.05) is 37.3 Å². The highest BCUT2D eigenvalue weighted by atomic mass is 16.5. The van der Waals surface area contributed by atoms with Crippen LogP contribution >= 0.6 is 0 Å². The van der Waals surface area contributed by atoms with Crippen LogP contribution < -0.4 is 0 Å². The number of hydrogen-bond acceptors (Lipinski definition) is 3. The Morgan fingerprint density at radius 3 is 2.40 bits per heavy atom. The van der Waals surface area contributed by atoms with Gasteiger partial charge < -0.3 is 4.74 Å². The highest BCUT2D eigenvalue weighted by Gasteiger charge is 2.21. The van der Waals surface area contributed by atoms with E-state index in [2.05, 4.69) is 0 Å². The van der Waals surface area contributed by atoms with E-state index in [0.717, 1.165) is 16.8 Å². The van der Waals surface area contributed by atoms with E-state index in [4.69, 9.17) is 4.74 Å². The summed E-state index contributed by atoms with van der Waals surface area (Å²) in [5.41, 5.74) is 2.82. The van der Waals surface area contributed by atoms with Crippen molar-refractivity contribution in [3.63, 3.8) is 0 Å². The van der Waals surface area contributed by atoms with Crippen molar-refractivity contribution in [1.82, 2.24) is 4.57 Å². The number of esters is 1. The molecule has 20 heavy (non-hydrogen) atoms. The van der Waals surface area contributed by atoms with E-state index >= 15 is 0 Å². The maximum Gasteiger partial charge on any atom is 0.339 e. The topological polar surface area (TPSA) is 48.3 Å². The monoisotopic (exact) mass is 271 g/mol. The highest BCUT2D eigenvalue weighted by molar-refractivity contribution is 5.96. The first-order valence-corrected chi connectivity index (χ1v) is 6.51. The first-order valence-electron chi connectivity index (χ1n) is 6.51. The standard InChI is InChI=1S/C16H17NO3/c1-4-20-16(19)14-10-17(12(3)18)15(11(14)2)13-8-6-5-7-9-13/h5-10H,4H2,1-3H3. The molecule has 0 fully saturated rings. The second kappa shape index (κ2) is 5.74. The quantitative estimate of drug-likeness (QED) is 0.805. The maximum atomic E-state index is 11.9. The molecular formula is C16H17NO3. The maximum absolute atomic E-state index is 11.9. The summed E-state index contributed by atoms with van der Waals surface area (Å²) in [5, 5.41) is 0. The van der Waals surface area contributed by atoms with Crippen LogP contribution in [-0.2, 0) is 4.74 Å². The van der Waals surface area contributed by atoms with Gasteiger partial charge in [0.15, 0.2) is 0 Å². The van der Waals surface area contributed by atoms with Gasteiger partial charge in [-0.15, -0.1) is 0 Å². The number of ether oxygens (including phenoxy) is 1. The minimum absolute atomic E-state index is 0.137. The number of carbonyl (C=O) groups excluding carboxylic acids is 2. The summed E-state index contributed by atoms with van der Waals surface area (Å²) in [6, 6.07) is 9.53. The van der Waals surface area contributed by atoms with E-state index < -0.39 is 5.97 Å². The van der Waals surface area contributed by atoms with Gasteiger partial charge in [0.2, 0.25) is 5.91 Å². The molecule has 0 aliphatic rings. The van der Waals surface area contributed by atoms with E-state index in [1.165, 1.54) is 11.5 Å². The number of aromatic nitrogens is 1. The summed E-state index contributed by atoms with van der Waals surface area (Å²) in [5.74, 6) is -0.537. The van der Waals surface area contributed by atoms with Crippen molar-refractivity contribution in [1.29, 1.82) is 0 Å². The summed E-state index contributed by atoms with van der Waals surface area (Å²) >= 11 is 0. The normalized spacial score (nSPS) is 10.3. The second-order valence-corrected chi connectivity index (χ2v) is 4.49. The molecule has 0 amide bonds. The van der Waals surface area contributed by atoms with Crippen LogP contribution in [0.1, 0.15) is 34.6 Å². The third kappa shape index (κ3) is 2.50. The van der Waals surface area contributed by atoms with Crippen molar-refractivity contribution >= 4 is 11.9 Å². The molecule has 4 nitrogen and oxygen atoms in total. The Hall–Kier alpha value is -2.36. The van der Waals surface area contributed by atoms with E-state index in [1.54, 1.807) is 13.1 Å². The minimum atomic E-state index is -0.401. The fourth-order valence-electron chi connectivity index (χ4n) is 2.21. The molecule has 104 valence electrons. The Bertz CT molecular complexity index is 641. The number of nitrogens with zero attached hydrogens (tertiary/aromatic N) is 1. The Kier molecular flexibility index (Phi) is 4.03. The average molecular weight is 271 g/mol. The molecule has 2 rings (SSSR count). The molecule has 0 radical (unpaired) electrons. The van der Waals surface area contributed by atoms with Crippen LogP contribution in [0.4, 0.5) is 0 Å². The third-order valence-electron chi connectivity index (χ3n) is 3.14. The largest absolute Gasteiger partial charge is 0.462 e. The molecule has 0 atom stereocenters. The molecule has 0 spiro atoms.